The van der Waals surface area contributed by atoms with Crippen LogP contribution < -0.4 is 5.73 Å². The van der Waals surface area contributed by atoms with Crippen LogP contribution in [0.25, 0.3) is 0 Å². The maximum absolute atomic E-state index is 13.4. The highest BCUT2D eigenvalue weighted by Gasteiger charge is 2.15. The lowest BCUT2D eigenvalue weighted by atomic mass is 10.1. The van der Waals surface area contributed by atoms with Crippen LogP contribution in [0.2, 0.25) is 0 Å². The van der Waals surface area contributed by atoms with Crippen LogP contribution >= 0.6 is 0 Å². The Bertz CT molecular complexity index is 360. The molecule has 0 saturated heterocycles. The highest BCUT2D eigenvalue weighted by molar-refractivity contribution is 5.41. The van der Waals surface area contributed by atoms with Crippen molar-refractivity contribution in [2.24, 2.45) is 0 Å². The monoisotopic (exact) mass is 268 g/mol. The van der Waals surface area contributed by atoms with E-state index < -0.39 is 0 Å². The lowest BCUT2D eigenvalue weighted by Gasteiger charge is -2.30. The van der Waals surface area contributed by atoms with Crippen LogP contribution in [0, 0.1) is 5.82 Å². The molecule has 2 N–H and O–H groups in total. The molecule has 3 nitrogen and oxygen atoms in total. The molecule has 0 bridgehead atoms. The average Bonchev–Trinajstić information content (AvgIpc) is 2.35. The molecule has 0 aliphatic rings. The summed E-state index contributed by atoms with van der Waals surface area (Å²) in [5.41, 5.74) is 7.09. The molecule has 0 amide bonds. The first kappa shape index (κ1) is 15.9. The van der Waals surface area contributed by atoms with Crippen LogP contribution in [-0.4, -0.2) is 31.2 Å². The Morgan fingerprint density at radius 1 is 1.26 bits per heavy atom. The lowest BCUT2D eigenvalue weighted by Crippen LogP contribution is -2.36. The number of anilines is 1. The van der Waals surface area contributed by atoms with E-state index in [0.29, 0.717) is 24.9 Å². The van der Waals surface area contributed by atoms with Gasteiger partial charge in [-0.05, 0) is 36.6 Å². The van der Waals surface area contributed by atoms with Gasteiger partial charge in [-0.2, -0.15) is 0 Å². The van der Waals surface area contributed by atoms with E-state index in [1.807, 2.05) is 6.07 Å². The molecule has 1 rings (SSSR count). The highest BCUT2D eigenvalue weighted by atomic mass is 19.1. The number of nitrogens with zero attached hydrogens (tertiary/aromatic N) is 1. The normalized spacial score (nSPS) is 11.5. The molecule has 0 saturated carbocycles. The maximum Gasteiger partial charge on any atom is 0.125 e. The summed E-state index contributed by atoms with van der Waals surface area (Å²) in [7, 11) is 1.70. The van der Waals surface area contributed by atoms with E-state index in [1.165, 1.54) is 6.07 Å². The minimum Gasteiger partial charge on any atom is -0.399 e. The summed E-state index contributed by atoms with van der Waals surface area (Å²) >= 11 is 0. The Morgan fingerprint density at radius 3 is 2.47 bits per heavy atom. The summed E-state index contributed by atoms with van der Waals surface area (Å²) in [5.74, 6) is -0.272. The Balaban J connectivity index is 2.80. The first-order chi connectivity index (χ1) is 9.10. The molecule has 0 aliphatic carbocycles. The van der Waals surface area contributed by atoms with Gasteiger partial charge in [0, 0.05) is 31.9 Å². The van der Waals surface area contributed by atoms with Crippen molar-refractivity contribution in [1.29, 1.82) is 0 Å². The van der Waals surface area contributed by atoms with Crippen LogP contribution in [0.5, 0.6) is 0 Å². The van der Waals surface area contributed by atoms with Gasteiger partial charge in [0.15, 0.2) is 0 Å². The molecule has 0 radical (unpaired) electrons. The van der Waals surface area contributed by atoms with Crippen molar-refractivity contribution >= 4 is 5.69 Å². The predicted molar refractivity (Wildman–Crippen MR) is 77.5 cm³/mol. The van der Waals surface area contributed by atoms with Crippen LogP contribution in [0.3, 0.4) is 0 Å². The second-order valence-corrected chi connectivity index (χ2v) is 4.83. The molecular formula is C15H25FN2O. The van der Waals surface area contributed by atoms with Crippen molar-refractivity contribution < 1.29 is 9.13 Å². The van der Waals surface area contributed by atoms with Crippen molar-refractivity contribution in [2.45, 2.75) is 39.3 Å². The van der Waals surface area contributed by atoms with E-state index in [0.717, 1.165) is 24.9 Å². The number of hydrogen-bond donors (Lipinski definition) is 1. The Kier molecular flexibility index (Phi) is 6.81. The summed E-state index contributed by atoms with van der Waals surface area (Å²) < 4.78 is 18.5. The smallest absolute Gasteiger partial charge is 0.125 e. The second-order valence-electron chi connectivity index (χ2n) is 4.83. The van der Waals surface area contributed by atoms with Crippen LogP contribution in [-0.2, 0) is 11.3 Å². The van der Waals surface area contributed by atoms with E-state index in [-0.39, 0.29) is 5.82 Å². The van der Waals surface area contributed by atoms with Crippen molar-refractivity contribution in [3.63, 3.8) is 0 Å². The number of rotatable bonds is 8. The van der Waals surface area contributed by atoms with Gasteiger partial charge in [-0.1, -0.05) is 13.8 Å². The van der Waals surface area contributed by atoms with Gasteiger partial charge in [-0.15, -0.1) is 0 Å². The van der Waals surface area contributed by atoms with E-state index in [4.69, 9.17) is 10.5 Å². The third-order valence-corrected chi connectivity index (χ3v) is 3.41. The SMILES string of the molecule is CCC(CC)N(CCOC)Cc1cc(N)cc(F)c1. The number of nitrogen functional groups attached to an aromatic ring is 1. The summed E-state index contributed by atoms with van der Waals surface area (Å²) in [4.78, 5) is 2.33. The Labute approximate surface area is 115 Å². The molecule has 108 valence electrons. The Morgan fingerprint density at radius 2 is 1.95 bits per heavy atom. The fourth-order valence-electron chi connectivity index (χ4n) is 2.41. The highest BCUT2D eigenvalue weighted by Crippen LogP contribution is 2.17. The van der Waals surface area contributed by atoms with Gasteiger partial charge < -0.3 is 10.5 Å². The molecule has 0 fully saturated rings. The van der Waals surface area contributed by atoms with Crippen molar-refractivity contribution in [1.82, 2.24) is 4.90 Å². The number of benzene rings is 1. The third-order valence-electron chi connectivity index (χ3n) is 3.41. The minimum absolute atomic E-state index is 0.272. The van der Waals surface area contributed by atoms with Crippen molar-refractivity contribution in [3.05, 3.63) is 29.6 Å². The molecule has 0 heterocycles. The topological polar surface area (TPSA) is 38.5 Å². The van der Waals surface area contributed by atoms with Crippen LogP contribution in [0.4, 0.5) is 10.1 Å². The number of halogens is 1. The van der Waals surface area contributed by atoms with Gasteiger partial charge in [-0.3, -0.25) is 4.90 Å². The lowest BCUT2D eigenvalue weighted by molar-refractivity contribution is 0.110. The number of hydrogen-bond acceptors (Lipinski definition) is 3. The molecule has 0 spiro atoms. The quantitative estimate of drug-likeness (QED) is 0.736. The van der Waals surface area contributed by atoms with E-state index in [9.17, 15) is 4.39 Å². The fraction of sp³-hybridized carbons (Fsp3) is 0.600. The predicted octanol–water partition coefficient (Wildman–Crippen LogP) is 3.04. The van der Waals surface area contributed by atoms with E-state index in [1.54, 1.807) is 13.2 Å². The molecule has 1 aromatic rings. The second kappa shape index (κ2) is 8.12. The Hall–Kier alpha value is -1.13. The first-order valence-electron chi connectivity index (χ1n) is 6.88. The van der Waals surface area contributed by atoms with Gasteiger partial charge >= 0.3 is 0 Å². The molecular weight excluding hydrogens is 243 g/mol. The summed E-state index contributed by atoms with van der Waals surface area (Å²) in [6.07, 6.45) is 2.15. The van der Waals surface area contributed by atoms with E-state index in [2.05, 4.69) is 18.7 Å². The molecule has 0 aliphatic heterocycles. The van der Waals surface area contributed by atoms with Gasteiger partial charge in [0.05, 0.1) is 6.61 Å². The summed E-state index contributed by atoms with van der Waals surface area (Å²) in [6, 6.07) is 5.23. The van der Waals surface area contributed by atoms with Crippen molar-refractivity contribution in [2.75, 3.05) is 26.0 Å². The zero-order valence-electron chi connectivity index (χ0n) is 12.2. The van der Waals surface area contributed by atoms with Gasteiger partial charge in [-0.25, -0.2) is 4.39 Å². The number of methoxy groups -OCH3 is 1. The minimum atomic E-state index is -0.272. The third kappa shape index (κ3) is 5.17. The standard InChI is InChI=1S/C15H25FN2O/c1-4-15(5-2)18(6-7-19-3)11-12-8-13(16)10-14(17)9-12/h8-10,15H,4-7,11,17H2,1-3H3. The maximum atomic E-state index is 13.4. The average molecular weight is 268 g/mol. The number of nitrogens with two attached hydrogens (primary N) is 1. The molecule has 0 atom stereocenters. The molecule has 1 aromatic carbocycles. The zero-order valence-corrected chi connectivity index (χ0v) is 12.2. The molecule has 0 aromatic heterocycles. The van der Waals surface area contributed by atoms with Gasteiger partial charge in [0.25, 0.3) is 0 Å². The number of ether oxygens (including phenoxy) is 1. The van der Waals surface area contributed by atoms with E-state index >= 15 is 0 Å². The zero-order chi connectivity index (χ0) is 14.3. The van der Waals surface area contributed by atoms with Gasteiger partial charge in [0.1, 0.15) is 5.82 Å². The van der Waals surface area contributed by atoms with Crippen molar-refractivity contribution in [3.8, 4) is 0 Å². The first-order valence-corrected chi connectivity index (χ1v) is 6.88. The van der Waals surface area contributed by atoms with Crippen LogP contribution in [0.15, 0.2) is 18.2 Å². The molecule has 0 unspecified atom stereocenters. The molecule has 19 heavy (non-hydrogen) atoms. The molecule has 4 heteroatoms. The van der Waals surface area contributed by atoms with Gasteiger partial charge in [0.2, 0.25) is 0 Å². The summed E-state index contributed by atoms with van der Waals surface area (Å²) in [5, 5.41) is 0. The summed E-state index contributed by atoms with van der Waals surface area (Å²) in [6.45, 7) is 6.58. The fourth-order valence-corrected chi connectivity index (χ4v) is 2.41. The van der Waals surface area contributed by atoms with Crippen LogP contribution in [0.1, 0.15) is 32.3 Å². The largest absolute Gasteiger partial charge is 0.399 e.